The molecule has 0 radical (unpaired) electrons. The maximum atomic E-state index is 13.7. The second-order valence-corrected chi connectivity index (χ2v) is 5.45. The molecular formula is C16H20FNO. The van der Waals surface area contributed by atoms with Gasteiger partial charge in [0.1, 0.15) is 0 Å². The van der Waals surface area contributed by atoms with E-state index in [4.69, 9.17) is 4.74 Å². The molecule has 1 aliphatic rings. The molecule has 0 spiro atoms. The fourth-order valence-corrected chi connectivity index (χ4v) is 2.94. The van der Waals surface area contributed by atoms with E-state index in [1.807, 2.05) is 6.07 Å². The van der Waals surface area contributed by atoms with Crippen LogP contribution in [0.15, 0.2) is 18.2 Å². The Balaban J connectivity index is 2.18. The molecule has 19 heavy (non-hydrogen) atoms. The van der Waals surface area contributed by atoms with Crippen molar-refractivity contribution in [1.29, 1.82) is 5.26 Å². The molecule has 0 saturated heterocycles. The molecule has 0 unspecified atom stereocenters. The Morgan fingerprint density at radius 2 is 1.95 bits per heavy atom. The normalized spacial score (nSPS) is 18.4. The van der Waals surface area contributed by atoms with Gasteiger partial charge < -0.3 is 4.74 Å². The highest BCUT2D eigenvalue weighted by atomic mass is 19.1. The van der Waals surface area contributed by atoms with Gasteiger partial charge >= 0.3 is 0 Å². The average molecular weight is 261 g/mol. The van der Waals surface area contributed by atoms with E-state index in [1.165, 1.54) is 26.0 Å². The Bertz CT molecular complexity index is 470. The van der Waals surface area contributed by atoms with Crippen LogP contribution in [0.2, 0.25) is 0 Å². The number of nitriles is 1. The topological polar surface area (TPSA) is 33.0 Å². The molecular weight excluding hydrogens is 241 g/mol. The first kappa shape index (κ1) is 13.9. The summed E-state index contributed by atoms with van der Waals surface area (Å²) in [6, 6.07) is 7.52. The van der Waals surface area contributed by atoms with E-state index in [0.29, 0.717) is 6.42 Å². The highest BCUT2D eigenvalue weighted by molar-refractivity contribution is 5.30. The van der Waals surface area contributed by atoms with Crippen LogP contribution >= 0.6 is 0 Å². The first-order valence-corrected chi connectivity index (χ1v) is 6.93. The maximum absolute atomic E-state index is 13.7. The first-order chi connectivity index (χ1) is 9.19. The summed E-state index contributed by atoms with van der Waals surface area (Å²) in [4.78, 5) is 0. The van der Waals surface area contributed by atoms with Crippen LogP contribution < -0.4 is 4.74 Å². The second kappa shape index (κ2) is 6.06. The third kappa shape index (κ3) is 3.26. The molecule has 1 aromatic rings. The zero-order chi connectivity index (χ0) is 13.7. The van der Waals surface area contributed by atoms with E-state index in [9.17, 15) is 9.65 Å². The third-order valence-corrected chi connectivity index (χ3v) is 4.06. The van der Waals surface area contributed by atoms with Crippen molar-refractivity contribution >= 4 is 0 Å². The zero-order valence-electron chi connectivity index (χ0n) is 11.4. The lowest BCUT2D eigenvalue weighted by atomic mass is 9.77. The molecule has 2 nitrogen and oxygen atoms in total. The van der Waals surface area contributed by atoms with Crippen LogP contribution in [-0.2, 0) is 6.42 Å². The molecule has 0 aliphatic heterocycles. The van der Waals surface area contributed by atoms with Crippen molar-refractivity contribution in [3.05, 3.63) is 29.6 Å². The van der Waals surface area contributed by atoms with Crippen LogP contribution in [0.1, 0.15) is 44.1 Å². The smallest absolute Gasteiger partial charge is 0.165 e. The average Bonchev–Trinajstić information content (AvgIpc) is 2.65. The summed E-state index contributed by atoms with van der Waals surface area (Å²) in [6.07, 6.45) is 7.12. The highest BCUT2D eigenvalue weighted by Crippen LogP contribution is 2.38. The number of ether oxygens (including phenoxy) is 1. The number of benzene rings is 1. The van der Waals surface area contributed by atoms with E-state index in [-0.39, 0.29) is 17.0 Å². The molecule has 1 aromatic carbocycles. The van der Waals surface area contributed by atoms with E-state index < -0.39 is 0 Å². The quantitative estimate of drug-likeness (QED) is 0.762. The van der Waals surface area contributed by atoms with Gasteiger partial charge in [0.15, 0.2) is 11.6 Å². The molecule has 0 atom stereocenters. The molecule has 1 fully saturated rings. The Kier molecular flexibility index (Phi) is 4.42. The minimum atomic E-state index is -0.346. The Hall–Kier alpha value is -1.56. The van der Waals surface area contributed by atoms with Gasteiger partial charge in [-0.05, 0) is 37.0 Å². The molecule has 0 amide bonds. The SMILES string of the molecule is COc1ccc(CC2(C#N)CCCCCC2)cc1F. The summed E-state index contributed by atoms with van der Waals surface area (Å²) >= 11 is 0. The molecule has 3 heteroatoms. The van der Waals surface area contributed by atoms with E-state index in [1.54, 1.807) is 6.07 Å². The van der Waals surface area contributed by atoms with E-state index in [0.717, 1.165) is 31.2 Å². The standard InChI is InChI=1S/C16H20FNO/c1-19-15-7-6-13(10-14(15)17)11-16(12-18)8-4-2-3-5-9-16/h6-7,10H,2-5,8-9,11H2,1H3. The Morgan fingerprint density at radius 3 is 2.47 bits per heavy atom. The van der Waals surface area contributed by atoms with Gasteiger partial charge in [0.2, 0.25) is 0 Å². The van der Waals surface area contributed by atoms with Crippen molar-refractivity contribution in [2.45, 2.75) is 44.9 Å². The predicted octanol–water partition coefficient (Wildman–Crippen LogP) is 4.24. The minimum Gasteiger partial charge on any atom is -0.494 e. The van der Waals surface area contributed by atoms with Crippen LogP contribution in [0.25, 0.3) is 0 Å². The van der Waals surface area contributed by atoms with Gasteiger partial charge in [0, 0.05) is 0 Å². The summed E-state index contributed by atoms with van der Waals surface area (Å²) in [7, 11) is 1.46. The van der Waals surface area contributed by atoms with Crippen molar-refractivity contribution in [2.75, 3.05) is 7.11 Å². The first-order valence-electron chi connectivity index (χ1n) is 6.93. The number of rotatable bonds is 3. The van der Waals surface area contributed by atoms with E-state index in [2.05, 4.69) is 6.07 Å². The van der Waals surface area contributed by atoms with Crippen LogP contribution in [0.3, 0.4) is 0 Å². The summed E-state index contributed by atoms with van der Waals surface area (Å²) in [5, 5.41) is 9.53. The monoisotopic (exact) mass is 261 g/mol. The van der Waals surface area contributed by atoms with Crippen LogP contribution in [0.4, 0.5) is 4.39 Å². The van der Waals surface area contributed by atoms with Gasteiger partial charge in [-0.2, -0.15) is 5.26 Å². The van der Waals surface area contributed by atoms with Crippen molar-refractivity contribution in [1.82, 2.24) is 0 Å². The molecule has 1 aliphatic carbocycles. The Morgan fingerprint density at radius 1 is 1.26 bits per heavy atom. The van der Waals surface area contributed by atoms with Crippen LogP contribution in [0.5, 0.6) is 5.75 Å². The van der Waals surface area contributed by atoms with Gasteiger partial charge in [-0.25, -0.2) is 4.39 Å². The number of hydrogen-bond donors (Lipinski definition) is 0. The lowest BCUT2D eigenvalue weighted by Gasteiger charge is -2.25. The number of nitrogens with zero attached hydrogens (tertiary/aromatic N) is 1. The van der Waals surface area contributed by atoms with Crippen molar-refractivity contribution in [3.8, 4) is 11.8 Å². The summed E-state index contributed by atoms with van der Waals surface area (Å²) in [5.74, 6) is -0.0858. The molecule has 0 N–H and O–H groups in total. The second-order valence-electron chi connectivity index (χ2n) is 5.45. The maximum Gasteiger partial charge on any atom is 0.165 e. The van der Waals surface area contributed by atoms with Gasteiger partial charge in [0.05, 0.1) is 18.6 Å². The molecule has 1 saturated carbocycles. The van der Waals surface area contributed by atoms with Crippen molar-refractivity contribution in [3.63, 3.8) is 0 Å². The fraction of sp³-hybridized carbons (Fsp3) is 0.562. The van der Waals surface area contributed by atoms with Crippen molar-refractivity contribution in [2.24, 2.45) is 5.41 Å². The highest BCUT2D eigenvalue weighted by Gasteiger charge is 2.31. The van der Waals surface area contributed by atoms with E-state index >= 15 is 0 Å². The van der Waals surface area contributed by atoms with Crippen LogP contribution in [-0.4, -0.2) is 7.11 Å². The molecule has 0 aromatic heterocycles. The molecule has 2 rings (SSSR count). The Labute approximate surface area is 114 Å². The molecule has 0 bridgehead atoms. The summed E-state index contributed by atoms with van der Waals surface area (Å²) in [5.41, 5.74) is 0.583. The molecule has 102 valence electrons. The number of halogens is 1. The van der Waals surface area contributed by atoms with Crippen molar-refractivity contribution < 1.29 is 9.13 Å². The predicted molar refractivity (Wildman–Crippen MR) is 72.4 cm³/mol. The minimum absolute atomic E-state index is 0.260. The van der Waals surface area contributed by atoms with Gasteiger partial charge in [-0.15, -0.1) is 0 Å². The number of methoxy groups -OCH3 is 1. The fourth-order valence-electron chi connectivity index (χ4n) is 2.94. The van der Waals surface area contributed by atoms with Gasteiger partial charge in [-0.1, -0.05) is 31.7 Å². The third-order valence-electron chi connectivity index (χ3n) is 4.06. The largest absolute Gasteiger partial charge is 0.494 e. The van der Waals surface area contributed by atoms with Gasteiger partial charge in [-0.3, -0.25) is 0 Å². The zero-order valence-corrected chi connectivity index (χ0v) is 11.4. The van der Waals surface area contributed by atoms with Gasteiger partial charge in [0.25, 0.3) is 0 Å². The summed E-state index contributed by atoms with van der Waals surface area (Å²) < 4.78 is 18.6. The lowest BCUT2D eigenvalue weighted by molar-refractivity contribution is 0.337. The summed E-state index contributed by atoms with van der Waals surface area (Å²) in [6.45, 7) is 0. The van der Waals surface area contributed by atoms with Crippen LogP contribution in [0, 0.1) is 22.6 Å². The number of hydrogen-bond acceptors (Lipinski definition) is 2. The lowest BCUT2D eigenvalue weighted by Crippen LogP contribution is -2.21. The molecule has 0 heterocycles.